The van der Waals surface area contributed by atoms with Gasteiger partial charge in [-0.1, -0.05) is 56.7 Å². The van der Waals surface area contributed by atoms with Crippen molar-refractivity contribution in [3.05, 3.63) is 49.6 Å². The number of aliphatic hydroxyl groups excluding tert-OH is 1. The van der Waals surface area contributed by atoms with Gasteiger partial charge in [-0.3, -0.25) is 14.4 Å². The minimum Gasteiger partial charge on any atom is -0.465 e. The first-order valence-corrected chi connectivity index (χ1v) is 15.7. The summed E-state index contributed by atoms with van der Waals surface area (Å²) in [5, 5.41) is 19.2. The second-order valence-electron chi connectivity index (χ2n) is 12.8. The number of para-hydroxylation sites is 1. The Hall–Kier alpha value is -3.57. The third kappa shape index (κ3) is 4.94. The molecule has 0 radical (unpaired) electrons. The van der Waals surface area contributed by atoms with Crippen LogP contribution < -0.4 is 0 Å². The minimum atomic E-state index is -1.27. The zero-order valence-electron chi connectivity index (χ0n) is 26.2. The third-order valence-electron chi connectivity index (χ3n) is 10.3. The van der Waals surface area contributed by atoms with Gasteiger partial charge < -0.3 is 24.4 Å². The summed E-state index contributed by atoms with van der Waals surface area (Å²) in [5.41, 5.74) is -0.800. The summed E-state index contributed by atoms with van der Waals surface area (Å²) in [4.78, 5) is 46.4. The molecule has 3 fully saturated rings. The number of fused-ring (bicyclic) bond motifs is 2. The molecule has 11 nitrogen and oxygen atoms in total. The molecule has 1 aromatic carbocycles. The molecule has 44 heavy (non-hydrogen) atoms. The molecule has 2 amide bonds. The fraction of sp³-hybridized carbons (Fsp3) is 0.606. The third-order valence-corrected chi connectivity index (χ3v) is 10.3. The minimum absolute atomic E-state index is 0.0688. The molecular weight excluding hydrogens is 562 g/mol. The van der Waals surface area contributed by atoms with Crippen molar-refractivity contribution in [1.82, 2.24) is 24.8 Å². The van der Waals surface area contributed by atoms with Crippen LogP contribution in [0.5, 0.6) is 0 Å². The van der Waals surface area contributed by atoms with E-state index in [1.807, 2.05) is 52.0 Å². The number of carbonyl (C=O) groups is 3. The Morgan fingerprint density at radius 1 is 1.30 bits per heavy atom. The van der Waals surface area contributed by atoms with Crippen molar-refractivity contribution < 1.29 is 29.0 Å². The zero-order valence-corrected chi connectivity index (χ0v) is 26.2. The van der Waals surface area contributed by atoms with Crippen LogP contribution in [0.3, 0.4) is 0 Å². The molecule has 3 aliphatic rings. The van der Waals surface area contributed by atoms with Crippen LogP contribution in [0.1, 0.15) is 53.4 Å². The molecule has 0 aliphatic carbocycles. The number of carbonyl (C=O) groups excluding carboxylic acids is 3. The number of amides is 2. The zero-order chi connectivity index (χ0) is 31.8. The highest BCUT2D eigenvalue weighted by atomic mass is 16.6. The van der Waals surface area contributed by atoms with E-state index in [-0.39, 0.29) is 50.1 Å². The molecule has 8 atom stereocenters. The van der Waals surface area contributed by atoms with E-state index < -0.39 is 41.1 Å². The number of allylic oxidation sites excluding steroid dienone is 1. The van der Waals surface area contributed by atoms with E-state index in [1.54, 1.807) is 21.7 Å². The van der Waals surface area contributed by atoms with Gasteiger partial charge in [-0.05, 0) is 50.2 Å². The molecule has 1 N–H and O–H groups in total. The molecule has 3 unspecified atom stereocenters. The number of likely N-dealkylation sites (tertiary alicyclic amines) is 1. The molecule has 3 aliphatic heterocycles. The topological polar surface area (TPSA) is 127 Å². The number of benzene rings is 1. The summed E-state index contributed by atoms with van der Waals surface area (Å²) in [6.45, 7) is 15.5. The lowest BCUT2D eigenvalue weighted by Crippen LogP contribution is -2.60. The highest BCUT2D eigenvalue weighted by molar-refractivity contribution is 5.99. The predicted molar refractivity (Wildman–Crippen MR) is 164 cm³/mol. The Bertz CT molecular complexity index is 1430. The molecule has 238 valence electrons. The highest BCUT2D eigenvalue weighted by Gasteiger charge is 2.81. The van der Waals surface area contributed by atoms with Gasteiger partial charge in [-0.2, -0.15) is 0 Å². The van der Waals surface area contributed by atoms with Crippen molar-refractivity contribution in [1.29, 1.82) is 0 Å². The summed E-state index contributed by atoms with van der Waals surface area (Å²) in [5.74, 6) is -3.23. The molecule has 2 bridgehead atoms. The number of hydrogen-bond donors (Lipinski definition) is 1. The lowest BCUT2D eigenvalue weighted by Gasteiger charge is -2.41. The first kappa shape index (κ1) is 31.8. The molecule has 1 aromatic heterocycles. The summed E-state index contributed by atoms with van der Waals surface area (Å²) in [6, 6.07) is 5.77. The summed E-state index contributed by atoms with van der Waals surface area (Å²) in [6.07, 6.45) is 5.82. The molecule has 11 heteroatoms. The van der Waals surface area contributed by atoms with Gasteiger partial charge in [-0.25, -0.2) is 4.68 Å². The molecule has 5 rings (SSSR count). The lowest BCUT2D eigenvalue weighted by atomic mass is 9.62. The van der Waals surface area contributed by atoms with E-state index in [0.29, 0.717) is 31.2 Å². The number of aromatic nitrogens is 3. The van der Waals surface area contributed by atoms with Crippen LogP contribution in [0.4, 0.5) is 0 Å². The number of hydrogen-bond acceptors (Lipinski definition) is 8. The van der Waals surface area contributed by atoms with Crippen molar-refractivity contribution in [3.63, 3.8) is 0 Å². The van der Waals surface area contributed by atoms with Crippen LogP contribution in [0.25, 0.3) is 11.0 Å². The average molecular weight is 608 g/mol. The molecule has 0 saturated carbocycles. The number of esters is 1. The maximum absolute atomic E-state index is 14.9. The van der Waals surface area contributed by atoms with E-state index in [1.165, 1.54) is 4.90 Å². The molecular formula is C33H45N5O6. The van der Waals surface area contributed by atoms with Gasteiger partial charge >= 0.3 is 5.97 Å². The van der Waals surface area contributed by atoms with Crippen LogP contribution in [-0.2, 0) is 30.5 Å². The predicted octanol–water partition coefficient (Wildman–Crippen LogP) is 3.33. The Morgan fingerprint density at radius 3 is 2.73 bits per heavy atom. The fourth-order valence-electron chi connectivity index (χ4n) is 7.71. The van der Waals surface area contributed by atoms with Gasteiger partial charge in [0.25, 0.3) is 0 Å². The number of unbranched alkanes of at least 4 members (excludes halogenated alkanes) is 1. The smallest absolute Gasteiger partial charge is 0.312 e. The number of nitrogens with zero attached hydrogens (tertiary/aromatic N) is 5. The van der Waals surface area contributed by atoms with Crippen LogP contribution in [0.15, 0.2) is 49.6 Å². The Labute approximate surface area is 258 Å². The monoisotopic (exact) mass is 607 g/mol. The largest absolute Gasteiger partial charge is 0.465 e. The average Bonchev–Trinajstić information content (AvgIpc) is 3.68. The van der Waals surface area contributed by atoms with E-state index in [4.69, 9.17) is 9.47 Å². The second-order valence-corrected chi connectivity index (χ2v) is 12.8. The number of rotatable bonds is 14. The van der Waals surface area contributed by atoms with Crippen LogP contribution in [0, 0.1) is 23.7 Å². The number of ether oxygens (including phenoxy) is 2. The van der Waals surface area contributed by atoms with Crippen LogP contribution >= 0.6 is 0 Å². The van der Waals surface area contributed by atoms with Crippen molar-refractivity contribution >= 4 is 28.8 Å². The van der Waals surface area contributed by atoms with Crippen molar-refractivity contribution in [2.75, 3.05) is 19.8 Å². The standard InChI is InChI=1S/C33H45N5O6/c1-7-10-13-17-43-31(42)27-26-29(40)38(25(19-39)21(4)9-3)28(33(26)18-22(5)32(27,6)44-33)30(41)36(16-8-2)20-37-24-15-12-11-14-23(24)34-35-37/h7-8,11-12,14-15,21-22,25-28,39H,1-2,9-10,13,16-20H2,3-6H3/t21-,22?,25-,26-,27-,28?,32+,33?/m0/s1. The van der Waals surface area contributed by atoms with Crippen molar-refractivity contribution in [2.24, 2.45) is 23.7 Å². The normalized spacial score (nSPS) is 30.3. The summed E-state index contributed by atoms with van der Waals surface area (Å²) < 4.78 is 14.2. The SMILES string of the molecule is C=CCCCOC(=O)[C@@H]1[C@H]2C(=O)N([C@@H](CO)[C@@H](C)CC)C(C(=O)N(CC=C)Cn3nnc4ccccc43)C23CC(C)[C@@]1(C)O3. The molecule has 1 spiro atoms. The first-order chi connectivity index (χ1) is 21.1. The van der Waals surface area contributed by atoms with E-state index in [0.717, 1.165) is 5.52 Å². The Morgan fingerprint density at radius 2 is 2.05 bits per heavy atom. The maximum atomic E-state index is 14.9. The maximum Gasteiger partial charge on any atom is 0.312 e. The summed E-state index contributed by atoms with van der Waals surface area (Å²) in [7, 11) is 0. The van der Waals surface area contributed by atoms with Crippen LogP contribution in [0.2, 0.25) is 0 Å². The molecule has 4 heterocycles. The quantitative estimate of drug-likeness (QED) is 0.197. The van der Waals surface area contributed by atoms with Gasteiger partial charge in [0.1, 0.15) is 29.7 Å². The lowest BCUT2D eigenvalue weighted by molar-refractivity contribution is -0.164. The Kier molecular flexibility index (Phi) is 9.00. The van der Waals surface area contributed by atoms with Gasteiger partial charge in [0.15, 0.2) is 0 Å². The van der Waals surface area contributed by atoms with E-state index in [9.17, 15) is 19.5 Å². The van der Waals surface area contributed by atoms with Gasteiger partial charge in [0.2, 0.25) is 11.8 Å². The highest BCUT2D eigenvalue weighted by Crippen LogP contribution is 2.66. The van der Waals surface area contributed by atoms with Crippen molar-refractivity contribution in [3.8, 4) is 0 Å². The van der Waals surface area contributed by atoms with E-state index >= 15 is 0 Å². The summed E-state index contributed by atoms with van der Waals surface area (Å²) >= 11 is 0. The van der Waals surface area contributed by atoms with Gasteiger partial charge in [0, 0.05) is 6.54 Å². The van der Waals surface area contributed by atoms with Gasteiger partial charge in [0.05, 0.1) is 36.3 Å². The number of aliphatic hydroxyl groups is 1. The van der Waals surface area contributed by atoms with Crippen molar-refractivity contribution in [2.45, 2.75) is 83.3 Å². The Balaban J connectivity index is 1.58. The second kappa shape index (κ2) is 12.4. The fourth-order valence-corrected chi connectivity index (χ4v) is 7.71. The molecule has 2 aromatic rings. The van der Waals surface area contributed by atoms with E-state index in [2.05, 4.69) is 23.5 Å². The van der Waals surface area contributed by atoms with Crippen LogP contribution in [-0.4, -0.2) is 90.7 Å². The van der Waals surface area contributed by atoms with Gasteiger partial charge in [-0.15, -0.1) is 18.3 Å². The molecule has 3 saturated heterocycles. The first-order valence-electron chi connectivity index (χ1n) is 15.7.